The zero-order valence-corrected chi connectivity index (χ0v) is 11.4. The molecule has 0 radical (unpaired) electrons. The van der Waals surface area contributed by atoms with Crippen molar-refractivity contribution in [2.24, 2.45) is 5.92 Å². The number of rotatable bonds is 5. The first-order chi connectivity index (χ1) is 9.61. The van der Waals surface area contributed by atoms with Gasteiger partial charge in [-0.1, -0.05) is 19.1 Å². The smallest absolute Gasteiger partial charge is 0.251 e. The van der Waals surface area contributed by atoms with E-state index in [9.17, 15) is 4.79 Å². The molecule has 2 aromatic rings. The van der Waals surface area contributed by atoms with Crippen molar-refractivity contribution in [2.75, 3.05) is 6.61 Å². The van der Waals surface area contributed by atoms with Gasteiger partial charge in [0.1, 0.15) is 0 Å². The number of nitrogens with zero attached hydrogens (tertiary/aromatic N) is 3. The summed E-state index contributed by atoms with van der Waals surface area (Å²) in [5.41, 5.74) is 1.33. The number of amides is 1. The minimum Gasteiger partial charge on any atom is -0.396 e. The Balaban J connectivity index is 2.04. The van der Waals surface area contributed by atoms with Gasteiger partial charge in [-0.15, -0.1) is 10.2 Å². The summed E-state index contributed by atoms with van der Waals surface area (Å²) in [7, 11) is 0. The maximum Gasteiger partial charge on any atom is 0.251 e. The number of H-pyrrole nitrogens is 1. The highest BCUT2D eigenvalue weighted by atomic mass is 16.3. The quantitative estimate of drug-likeness (QED) is 0.742. The number of aromatic nitrogens is 4. The third-order valence-electron chi connectivity index (χ3n) is 3.25. The van der Waals surface area contributed by atoms with Crippen LogP contribution in [0.2, 0.25) is 0 Å². The minimum absolute atomic E-state index is 0.0116. The summed E-state index contributed by atoms with van der Waals surface area (Å²) in [6.45, 7) is 3.79. The van der Waals surface area contributed by atoms with Gasteiger partial charge in [-0.3, -0.25) is 4.79 Å². The fourth-order valence-corrected chi connectivity index (χ4v) is 1.65. The van der Waals surface area contributed by atoms with Gasteiger partial charge in [-0.05, 0) is 30.2 Å². The normalized spacial score (nSPS) is 13.8. The molecule has 2 atom stereocenters. The Bertz CT molecular complexity index is 553. The van der Waals surface area contributed by atoms with Gasteiger partial charge in [-0.25, -0.2) is 0 Å². The van der Waals surface area contributed by atoms with Crippen LogP contribution in [0, 0.1) is 5.92 Å². The first-order valence-electron chi connectivity index (χ1n) is 6.37. The fourth-order valence-electron chi connectivity index (χ4n) is 1.65. The van der Waals surface area contributed by atoms with Crippen LogP contribution in [-0.4, -0.2) is 44.3 Å². The van der Waals surface area contributed by atoms with Gasteiger partial charge in [0.25, 0.3) is 5.91 Å². The lowest BCUT2D eigenvalue weighted by molar-refractivity contribution is 0.0916. The van der Waals surface area contributed by atoms with Crippen LogP contribution >= 0.6 is 0 Å². The highest BCUT2D eigenvalue weighted by Crippen LogP contribution is 2.14. The molecule has 1 aromatic heterocycles. The number of hydrogen-bond donors (Lipinski definition) is 3. The molecule has 0 saturated carbocycles. The van der Waals surface area contributed by atoms with Crippen molar-refractivity contribution in [3.8, 4) is 11.4 Å². The highest BCUT2D eigenvalue weighted by Gasteiger charge is 2.15. The van der Waals surface area contributed by atoms with E-state index in [1.54, 1.807) is 24.3 Å². The predicted molar refractivity (Wildman–Crippen MR) is 72.8 cm³/mol. The van der Waals surface area contributed by atoms with Crippen LogP contribution in [0.3, 0.4) is 0 Å². The second kappa shape index (κ2) is 6.25. The molecule has 0 spiro atoms. The van der Waals surface area contributed by atoms with Crippen molar-refractivity contribution in [1.29, 1.82) is 0 Å². The SMILES string of the molecule is CC(CO)C(C)NC(=O)c1ccc(-c2nn[nH]n2)cc1. The summed E-state index contributed by atoms with van der Waals surface area (Å²) in [6, 6.07) is 6.85. The van der Waals surface area contributed by atoms with Gasteiger partial charge in [0, 0.05) is 23.8 Å². The first kappa shape index (κ1) is 14.1. The van der Waals surface area contributed by atoms with Gasteiger partial charge in [0.15, 0.2) is 0 Å². The van der Waals surface area contributed by atoms with E-state index in [2.05, 4.69) is 25.9 Å². The molecule has 7 heteroatoms. The van der Waals surface area contributed by atoms with E-state index in [0.717, 1.165) is 5.56 Å². The first-order valence-corrected chi connectivity index (χ1v) is 6.37. The fraction of sp³-hybridized carbons (Fsp3) is 0.385. The molecule has 0 bridgehead atoms. The Hall–Kier alpha value is -2.28. The van der Waals surface area contributed by atoms with Gasteiger partial charge in [0.05, 0.1) is 0 Å². The molecule has 7 nitrogen and oxygen atoms in total. The molecule has 20 heavy (non-hydrogen) atoms. The Morgan fingerprint density at radius 2 is 2.05 bits per heavy atom. The summed E-state index contributed by atoms with van der Waals surface area (Å²) in [5.74, 6) is 0.328. The van der Waals surface area contributed by atoms with E-state index < -0.39 is 0 Å². The Morgan fingerprint density at radius 3 is 2.60 bits per heavy atom. The number of aliphatic hydroxyl groups excluding tert-OH is 1. The lowest BCUT2D eigenvalue weighted by Gasteiger charge is -2.19. The van der Waals surface area contributed by atoms with E-state index in [0.29, 0.717) is 11.4 Å². The van der Waals surface area contributed by atoms with E-state index in [4.69, 9.17) is 5.11 Å². The number of benzene rings is 1. The Kier molecular flexibility index (Phi) is 4.41. The molecule has 2 rings (SSSR count). The van der Waals surface area contributed by atoms with Gasteiger partial charge in [0.2, 0.25) is 5.82 Å². The monoisotopic (exact) mass is 275 g/mol. The average molecular weight is 275 g/mol. The molecule has 0 saturated heterocycles. The molecular formula is C13H17N5O2. The second-order valence-electron chi connectivity index (χ2n) is 4.73. The lowest BCUT2D eigenvalue weighted by atomic mass is 10.0. The van der Waals surface area contributed by atoms with Crippen LogP contribution in [0.4, 0.5) is 0 Å². The van der Waals surface area contributed by atoms with Gasteiger partial charge >= 0.3 is 0 Å². The van der Waals surface area contributed by atoms with Crippen molar-refractivity contribution < 1.29 is 9.90 Å². The molecule has 0 aliphatic heterocycles. The molecule has 0 aliphatic rings. The highest BCUT2D eigenvalue weighted by molar-refractivity contribution is 5.94. The van der Waals surface area contributed by atoms with Crippen molar-refractivity contribution in [1.82, 2.24) is 25.9 Å². The van der Waals surface area contributed by atoms with Crippen molar-refractivity contribution in [3.63, 3.8) is 0 Å². The molecule has 106 valence electrons. The molecule has 3 N–H and O–H groups in total. The average Bonchev–Trinajstić information content (AvgIpc) is 3.00. The third kappa shape index (κ3) is 3.18. The maximum atomic E-state index is 12.0. The number of hydrogen-bond acceptors (Lipinski definition) is 5. The lowest BCUT2D eigenvalue weighted by Crippen LogP contribution is -2.38. The molecule has 2 unspecified atom stereocenters. The van der Waals surface area contributed by atoms with E-state index in [-0.39, 0.29) is 24.5 Å². The van der Waals surface area contributed by atoms with Crippen LogP contribution in [0.5, 0.6) is 0 Å². The third-order valence-corrected chi connectivity index (χ3v) is 3.25. The Morgan fingerprint density at radius 1 is 1.35 bits per heavy atom. The van der Waals surface area contributed by atoms with Crippen molar-refractivity contribution in [2.45, 2.75) is 19.9 Å². The molecule has 0 fully saturated rings. The summed E-state index contributed by atoms with van der Waals surface area (Å²) < 4.78 is 0. The van der Waals surface area contributed by atoms with Gasteiger partial charge in [-0.2, -0.15) is 5.21 Å². The number of tetrazole rings is 1. The summed E-state index contributed by atoms with van der Waals surface area (Å²) in [4.78, 5) is 12.0. The van der Waals surface area contributed by atoms with Gasteiger partial charge < -0.3 is 10.4 Å². The summed E-state index contributed by atoms with van der Waals surface area (Å²) >= 11 is 0. The predicted octanol–water partition coefficient (Wildman–Crippen LogP) is 0.613. The summed E-state index contributed by atoms with van der Waals surface area (Å²) in [6.07, 6.45) is 0. The minimum atomic E-state index is -0.169. The molecule has 1 heterocycles. The van der Waals surface area contributed by atoms with Crippen LogP contribution in [0.1, 0.15) is 24.2 Å². The molecular weight excluding hydrogens is 258 g/mol. The zero-order chi connectivity index (χ0) is 14.5. The van der Waals surface area contributed by atoms with E-state index in [1.165, 1.54) is 0 Å². The Labute approximate surface area is 116 Å². The number of aliphatic hydroxyl groups is 1. The van der Waals surface area contributed by atoms with Crippen molar-refractivity contribution >= 4 is 5.91 Å². The topological polar surface area (TPSA) is 104 Å². The van der Waals surface area contributed by atoms with Crippen LogP contribution < -0.4 is 5.32 Å². The molecule has 0 aliphatic carbocycles. The van der Waals surface area contributed by atoms with Crippen LogP contribution in [0.15, 0.2) is 24.3 Å². The molecule has 1 amide bonds. The maximum absolute atomic E-state index is 12.0. The van der Waals surface area contributed by atoms with E-state index in [1.807, 2.05) is 13.8 Å². The largest absolute Gasteiger partial charge is 0.396 e. The van der Waals surface area contributed by atoms with Crippen molar-refractivity contribution in [3.05, 3.63) is 29.8 Å². The van der Waals surface area contributed by atoms with Crippen LogP contribution in [-0.2, 0) is 0 Å². The number of carbonyl (C=O) groups excluding carboxylic acids is 1. The second-order valence-corrected chi connectivity index (χ2v) is 4.73. The summed E-state index contributed by atoms with van der Waals surface area (Å²) in [5, 5.41) is 25.5. The number of nitrogens with one attached hydrogen (secondary N) is 2. The number of carbonyl (C=O) groups is 1. The van der Waals surface area contributed by atoms with Crippen LogP contribution in [0.25, 0.3) is 11.4 Å². The standard InChI is InChI=1S/C13H17N5O2/c1-8(7-19)9(2)14-13(20)11-5-3-10(4-6-11)12-15-17-18-16-12/h3-6,8-9,19H,7H2,1-2H3,(H,14,20)(H,15,16,17,18). The zero-order valence-electron chi connectivity index (χ0n) is 11.4. The molecule has 1 aromatic carbocycles. The van der Waals surface area contributed by atoms with E-state index >= 15 is 0 Å². The number of aromatic amines is 1.